The van der Waals surface area contributed by atoms with Crippen LogP contribution in [0.15, 0.2) is 41.3 Å². The van der Waals surface area contributed by atoms with E-state index in [1.807, 2.05) is 0 Å². The highest BCUT2D eigenvalue weighted by atomic mass is 32.2. The second-order valence-corrected chi connectivity index (χ2v) is 7.85. The van der Waals surface area contributed by atoms with E-state index >= 15 is 0 Å². The molecule has 0 aliphatic heterocycles. The first kappa shape index (κ1) is 19.6. The van der Waals surface area contributed by atoms with Crippen LogP contribution in [-0.2, 0) is 19.4 Å². The summed E-state index contributed by atoms with van der Waals surface area (Å²) in [6, 6.07) is 8.28. The molecule has 0 spiro atoms. The van der Waals surface area contributed by atoms with Crippen LogP contribution in [-0.4, -0.2) is 33.2 Å². The van der Waals surface area contributed by atoms with Crippen molar-refractivity contribution >= 4 is 27.4 Å². The number of ether oxygens (including phenoxy) is 1. The number of sulfone groups is 1. The predicted molar refractivity (Wildman–Crippen MR) is 94.3 cm³/mol. The molecule has 0 saturated heterocycles. The molecule has 0 fully saturated rings. The van der Waals surface area contributed by atoms with Gasteiger partial charge in [-0.3, -0.25) is 4.79 Å². The minimum atomic E-state index is -3.48. The molecule has 8 heteroatoms. The Labute approximate surface area is 150 Å². The van der Waals surface area contributed by atoms with Gasteiger partial charge < -0.3 is 10.1 Å². The normalized spacial score (nSPS) is 11.1. The molecule has 1 N–H and O–H groups in total. The summed E-state index contributed by atoms with van der Waals surface area (Å²) in [6.45, 7) is 2.63. The van der Waals surface area contributed by atoms with Crippen LogP contribution >= 0.6 is 0 Å². The number of halogens is 1. The van der Waals surface area contributed by atoms with Crippen LogP contribution in [0, 0.1) is 19.7 Å². The van der Waals surface area contributed by atoms with Crippen LogP contribution in [0.1, 0.15) is 21.5 Å². The third-order valence-electron chi connectivity index (χ3n) is 3.65. The first-order valence-electron chi connectivity index (χ1n) is 7.62. The van der Waals surface area contributed by atoms with E-state index in [0.29, 0.717) is 11.1 Å². The summed E-state index contributed by atoms with van der Waals surface area (Å²) in [4.78, 5) is 24.0. The molecule has 2 aromatic rings. The minimum absolute atomic E-state index is 0.0189. The molecular formula is C18H18FNO5S. The molecule has 2 aromatic carbocycles. The average Bonchev–Trinajstić information content (AvgIpc) is 2.55. The monoisotopic (exact) mass is 379 g/mol. The number of amides is 1. The standard InChI is InChI=1S/C18H18FNO5S/c1-11-5-7-14(26(3,23)24)9-15(11)18(22)25-10-17(21)20-13-6-4-12(2)16(19)8-13/h4-9H,10H2,1-3H3,(H,20,21). The predicted octanol–water partition coefficient (Wildman–Crippen LogP) is 2.64. The molecule has 0 aliphatic rings. The number of carbonyl (C=O) groups excluding carboxylic acids is 2. The Morgan fingerprint density at radius 1 is 1.08 bits per heavy atom. The van der Waals surface area contributed by atoms with Gasteiger partial charge in [-0.1, -0.05) is 12.1 Å². The van der Waals surface area contributed by atoms with Crippen LogP contribution in [0.2, 0.25) is 0 Å². The molecule has 6 nitrogen and oxygen atoms in total. The number of carbonyl (C=O) groups is 2. The molecular weight excluding hydrogens is 361 g/mol. The van der Waals surface area contributed by atoms with Crippen LogP contribution in [0.4, 0.5) is 10.1 Å². The molecule has 1 amide bonds. The molecule has 2 rings (SSSR count). The van der Waals surface area contributed by atoms with Crippen LogP contribution in [0.5, 0.6) is 0 Å². The van der Waals surface area contributed by atoms with Gasteiger partial charge in [0, 0.05) is 11.9 Å². The average molecular weight is 379 g/mol. The van der Waals surface area contributed by atoms with Crippen molar-refractivity contribution in [1.82, 2.24) is 0 Å². The lowest BCUT2D eigenvalue weighted by Crippen LogP contribution is -2.21. The summed E-state index contributed by atoms with van der Waals surface area (Å²) in [7, 11) is -3.48. The molecule has 0 unspecified atom stereocenters. The van der Waals surface area contributed by atoms with Gasteiger partial charge >= 0.3 is 5.97 Å². The van der Waals surface area contributed by atoms with E-state index in [2.05, 4.69) is 5.32 Å². The summed E-state index contributed by atoms with van der Waals surface area (Å²) in [5.74, 6) is -1.93. The quantitative estimate of drug-likeness (QED) is 0.807. The summed E-state index contributed by atoms with van der Waals surface area (Å²) in [5, 5.41) is 2.42. The Balaban J connectivity index is 2.04. The topological polar surface area (TPSA) is 89.5 Å². The fraction of sp³-hybridized carbons (Fsp3) is 0.222. The van der Waals surface area contributed by atoms with Crippen molar-refractivity contribution in [3.05, 3.63) is 58.9 Å². The van der Waals surface area contributed by atoms with Crippen molar-refractivity contribution in [3.63, 3.8) is 0 Å². The molecule has 0 atom stereocenters. The van der Waals surface area contributed by atoms with E-state index < -0.39 is 34.1 Å². The van der Waals surface area contributed by atoms with Gasteiger partial charge in [0.25, 0.3) is 5.91 Å². The molecule has 0 saturated carbocycles. The van der Waals surface area contributed by atoms with E-state index in [1.165, 1.54) is 30.3 Å². The summed E-state index contributed by atoms with van der Waals surface area (Å²) in [5.41, 5.74) is 1.26. The lowest BCUT2D eigenvalue weighted by Gasteiger charge is -2.09. The Kier molecular flexibility index (Phi) is 5.76. The van der Waals surface area contributed by atoms with Gasteiger partial charge in [-0.15, -0.1) is 0 Å². The first-order valence-corrected chi connectivity index (χ1v) is 9.51. The fourth-order valence-corrected chi connectivity index (χ4v) is 2.78. The molecule has 0 bridgehead atoms. The maximum atomic E-state index is 13.5. The van der Waals surface area contributed by atoms with E-state index in [9.17, 15) is 22.4 Å². The maximum Gasteiger partial charge on any atom is 0.338 e. The largest absolute Gasteiger partial charge is 0.452 e. The molecule has 138 valence electrons. The van der Waals surface area contributed by atoms with E-state index in [-0.39, 0.29) is 16.1 Å². The zero-order valence-electron chi connectivity index (χ0n) is 14.5. The van der Waals surface area contributed by atoms with Gasteiger partial charge in [-0.2, -0.15) is 0 Å². The number of anilines is 1. The van der Waals surface area contributed by atoms with Gasteiger partial charge in [0.1, 0.15) is 5.82 Å². The van der Waals surface area contributed by atoms with E-state index in [0.717, 1.165) is 12.3 Å². The van der Waals surface area contributed by atoms with Crippen molar-refractivity contribution in [2.75, 3.05) is 18.2 Å². The third kappa shape index (κ3) is 4.89. The van der Waals surface area contributed by atoms with Crippen molar-refractivity contribution in [2.24, 2.45) is 0 Å². The van der Waals surface area contributed by atoms with Gasteiger partial charge in [-0.05, 0) is 49.2 Å². The number of rotatable bonds is 5. The minimum Gasteiger partial charge on any atom is -0.452 e. The Morgan fingerprint density at radius 3 is 2.35 bits per heavy atom. The summed E-state index contributed by atoms with van der Waals surface area (Å²) in [6.07, 6.45) is 1.03. The number of benzene rings is 2. The van der Waals surface area contributed by atoms with Crippen LogP contribution in [0.25, 0.3) is 0 Å². The third-order valence-corrected chi connectivity index (χ3v) is 4.76. The number of nitrogens with one attached hydrogen (secondary N) is 1. The van der Waals surface area contributed by atoms with Crippen molar-refractivity contribution in [1.29, 1.82) is 0 Å². The number of aryl methyl sites for hydroxylation is 2. The Bertz CT molecular complexity index is 970. The summed E-state index contributed by atoms with van der Waals surface area (Å²) >= 11 is 0. The first-order chi connectivity index (χ1) is 12.1. The van der Waals surface area contributed by atoms with Gasteiger partial charge in [-0.25, -0.2) is 17.6 Å². The number of esters is 1. The van der Waals surface area contributed by atoms with Gasteiger partial charge in [0.05, 0.1) is 10.5 Å². The van der Waals surface area contributed by atoms with Crippen molar-refractivity contribution < 1.29 is 27.1 Å². The lowest BCUT2D eigenvalue weighted by molar-refractivity contribution is -0.119. The maximum absolute atomic E-state index is 13.5. The van der Waals surface area contributed by atoms with Crippen molar-refractivity contribution in [3.8, 4) is 0 Å². The molecule has 0 aliphatic carbocycles. The highest BCUT2D eigenvalue weighted by Crippen LogP contribution is 2.17. The zero-order chi connectivity index (χ0) is 19.5. The number of hydrogen-bond donors (Lipinski definition) is 1. The van der Waals surface area contributed by atoms with E-state index in [1.54, 1.807) is 13.8 Å². The summed E-state index contributed by atoms with van der Waals surface area (Å²) < 4.78 is 41.6. The number of hydrogen-bond acceptors (Lipinski definition) is 5. The van der Waals surface area contributed by atoms with Crippen molar-refractivity contribution in [2.45, 2.75) is 18.7 Å². The zero-order valence-corrected chi connectivity index (χ0v) is 15.3. The van der Waals surface area contributed by atoms with Crippen LogP contribution < -0.4 is 5.32 Å². The molecule has 26 heavy (non-hydrogen) atoms. The fourth-order valence-electron chi connectivity index (χ4n) is 2.13. The smallest absolute Gasteiger partial charge is 0.338 e. The second-order valence-electron chi connectivity index (χ2n) is 5.84. The van der Waals surface area contributed by atoms with Crippen LogP contribution in [0.3, 0.4) is 0 Å². The Hall–Kier alpha value is -2.74. The molecule has 0 radical (unpaired) electrons. The SMILES string of the molecule is Cc1ccc(NC(=O)COC(=O)c2cc(S(C)(=O)=O)ccc2C)cc1F. The van der Waals surface area contributed by atoms with E-state index in [4.69, 9.17) is 4.74 Å². The van der Waals surface area contributed by atoms with Gasteiger partial charge in [0.15, 0.2) is 16.4 Å². The highest BCUT2D eigenvalue weighted by molar-refractivity contribution is 7.90. The highest BCUT2D eigenvalue weighted by Gasteiger charge is 2.17. The molecule has 0 heterocycles. The lowest BCUT2D eigenvalue weighted by atomic mass is 10.1. The Morgan fingerprint density at radius 2 is 1.73 bits per heavy atom. The van der Waals surface area contributed by atoms with Gasteiger partial charge in [0.2, 0.25) is 0 Å². The molecule has 0 aromatic heterocycles. The second kappa shape index (κ2) is 7.65.